The van der Waals surface area contributed by atoms with Crippen LogP contribution in [0.25, 0.3) is 10.8 Å². The van der Waals surface area contributed by atoms with Gasteiger partial charge in [0.1, 0.15) is 6.04 Å². The Morgan fingerprint density at radius 1 is 1.06 bits per heavy atom. The minimum Gasteiger partial charge on any atom is -0.370 e. The number of rotatable bonds is 8. The van der Waals surface area contributed by atoms with Crippen molar-refractivity contribution in [2.75, 3.05) is 0 Å². The van der Waals surface area contributed by atoms with Gasteiger partial charge in [-0.2, -0.15) is 9.82 Å². The summed E-state index contributed by atoms with van der Waals surface area (Å²) in [6, 6.07) is 10.0. The highest BCUT2D eigenvalue weighted by molar-refractivity contribution is 7.89. The average molecular weight is 521 g/mol. The SMILES string of the molecule is Cn1nc(C(=O)NNC(=O)[C@@H](CCC(N)=O)NS(=O)(=O)c2ccc(Cl)cc2)c2ccccc2c1=O. The molecule has 0 unspecified atom stereocenters. The number of hydrazine groups is 1. The van der Waals surface area contributed by atoms with E-state index in [0.717, 1.165) is 4.68 Å². The Labute approximate surface area is 204 Å². The molecule has 2 aromatic carbocycles. The molecule has 12 nitrogen and oxygen atoms in total. The van der Waals surface area contributed by atoms with Crippen LogP contribution in [0.5, 0.6) is 0 Å². The van der Waals surface area contributed by atoms with Gasteiger partial charge < -0.3 is 5.73 Å². The molecule has 0 saturated heterocycles. The van der Waals surface area contributed by atoms with Crippen LogP contribution in [-0.2, 0) is 26.7 Å². The predicted molar refractivity (Wildman–Crippen MR) is 127 cm³/mol. The number of halogens is 1. The second kappa shape index (κ2) is 10.6. The van der Waals surface area contributed by atoms with Crippen LogP contribution >= 0.6 is 11.6 Å². The van der Waals surface area contributed by atoms with Gasteiger partial charge in [-0.25, -0.2) is 13.1 Å². The van der Waals surface area contributed by atoms with Crippen LogP contribution in [0.15, 0.2) is 58.2 Å². The van der Waals surface area contributed by atoms with Crippen LogP contribution in [0.4, 0.5) is 0 Å². The summed E-state index contributed by atoms with van der Waals surface area (Å²) in [6.07, 6.45) is -0.576. The first-order valence-corrected chi connectivity index (χ1v) is 12.0. The number of carbonyl (C=O) groups is 3. The minimum atomic E-state index is -4.18. The predicted octanol–water partition coefficient (Wildman–Crippen LogP) is -0.0395. The molecule has 3 aromatic rings. The standard InChI is InChI=1S/C21H21ClN6O6S/c1-28-21(32)15-5-3-2-4-14(15)18(26-28)20(31)25-24-19(30)16(10-11-17(23)29)27-35(33,34)13-8-6-12(22)7-9-13/h2-9,16,27H,10-11H2,1H3,(H2,23,29)(H,24,30)(H,25,31)/t16-/m1/s1. The van der Waals surface area contributed by atoms with Gasteiger partial charge in [0.25, 0.3) is 17.4 Å². The zero-order valence-electron chi connectivity index (χ0n) is 18.3. The highest BCUT2D eigenvalue weighted by atomic mass is 35.5. The molecule has 14 heteroatoms. The molecule has 5 N–H and O–H groups in total. The molecule has 184 valence electrons. The van der Waals surface area contributed by atoms with Crippen molar-refractivity contribution in [2.45, 2.75) is 23.8 Å². The second-order valence-electron chi connectivity index (χ2n) is 7.40. The lowest BCUT2D eigenvalue weighted by molar-refractivity contribution is -0.124. The first kappa shape index (κ1) is 25.8. The van der Waals surface area contributed by atoms with E-state index < -0.39 is 39.3 Å². The Balaban J connectivity index is 1.79. The van der Waals surface area contributed by atoms with E-state index in [-0.39, 0.29) is 34.2 Å². The summed E-state index contributed by atoms with van der Waals surface area (Å²) in [4.78, 5) is 48.8. The first-order chi connectivity index (χ1) is 16.5. The Hall–Kier alpha value is -3.81. The van der Waals surface area contributed by atoms with E-state index in [2.05, 4.69) is 20.7 Å². The highest BCUT2D eigenvalue weighted by Crippen LogP contribution is 2.15. The average Bonchev–Trinajstić information content (AvgIpc) is 2.82. The van der Waals surface area contributed by atoms with E-state index in [1.165, 1.54) is 43.4 Å². The van der Waals surface area contributed by atoms with Gasteiger partial charge in [-0.1, -0.05) is 29.8 Å². The number of aromatic nitrogens is 2. The molecule has 0 bridgehead atoms. The van der Waals surface area contributed by atoms with E-state index in [4.69, 9.17) is 17.3 Å². The summed E-state index contributed by atoms with van der Waals surface area (Å²) in [5.74, 6) is -2.55. The van der Waals surface area contributed by atoms with Gasteiger partial charge >= 0.3 is 0 Å². The van der Waals surface area contributed by atoms with Crippen molar-refractivity contribution in [1.29, 1.82) is 0 Å². The molecule has 35 heavy (non-hydrogen) atoms. The lowest BCUT2D eigenvalue weighted by atomic mass is 10.1. The van der Waals surface area contributed by atoms with E-state index >= 15 is 0 Å². The number of sulfonamides is 1. The molecule has 0 saturated carbocycles. The van der Waals surface area contributed by atoms with Crippen LogP contribution < -0.4 is 26.9 Å². The second-order valence-corrected chi connectivity index (χ2v) is 9.55. The summed E-state index contributed by atoms with van der Waals surface area (Å²) in [5.41, 5.74) is 8.86. The Kier molecular flexibility index (Phi) is 7.84. The minimum absolute atomic E-state index is 0.140. The first-order valence-electron chi connectivity index (χ1n) is 10.1. The zero-order valence-corrected chi connectivity index (χ0v) is 19.9. The summed E-state index contributed by atoms with van der Waals surface area (Å²) in [6.45, 7) is 0. The Morgan fingerprint density at radius 2 is 1.69 bits per heavy atom. The third kappa shape index (κ3) is 6.20. The van der Waals surface area contributed by atoms with Crippen LogP contribution in [0.2, 0.25) is 5.02 Å². The summed E-state index contributed by atoms with van der Waals surface area (Å²) in [5, 5.41) is 4.77. The molecule has 1 atom stereocenters. The van der Waals surface area contributed by atoms with Gasteiger partial charge in [0, 0.05) is 23.9 Å². The fourth-order valence-electron chi connectivity index (χ4n) is 3.13. The summed E-state index contributed by atoms with van der Waals surface area (Å²) >= 11 is 5.78. The van der Waals surface area contributed by atoms with Crippen molar-refractivity contribution in [1.82, 2.24) is 25.4 Å². The van der Waals surface area contributed by atoms with E-state index in [9.17, 15) is 27.6 Å². The van der Waals surface area contributed by atoms with Crippen molar-refractivity contribution in [3.63, 3.8) is 0 Å². The van der Waals surface area contributed by atoms with Crippen molar-refractivity contribution >= 4 is 50.1 Å². The molecule has 0 radical (unpaired) electrons. The fourth-order valence-corrected chi connectivity index (χ4v) is 4.49. The van der Waals surface area contributed by atoms with Crippen LogP contribution in [-0.4, -0.2) is 42.0 Å². The molecule has 1 heterocycles. The number of amides is 3. The van der Waals surface area contributed by atoms with Gasteiger partial charge in [0.05, 0.1) is 10.3 Å². The maximum Gasteiger partial charge on any atom is 0.290 e. The molecule has 1 aromatic heterocycles. The number of nitrogens with zero attached hydrogens (tertiary/aromatic N) is 2. The largest absolute Gasteiger partial charge is 0.370 e. The quantitative estimate of drug-likeness (QED) is 0.300. The summed E-state index contributed by atoms with van der Waals surface area (Å²) in [7, 11) is -2.81. The number of carbonyl (C=O) groups excluding carboxylic acids is 3. The van der Waals surface area contributed by atoms with Crippen molar-refractivity contribution in [3.8, 4) is 0 Å². The number of benzene rings is 2. The van der Waals surface area contributed by atoms with Crippen molar-refractivity contribution in [3.05, 3.63) is 69.6 Å². The molecule has 3 rings (SSSR count). The molecule has 0 spiro atoms. The number of primary amides is 1. The number of aryl methyl sites for hydroxylation is 1. The Morgan fingerprint density at radius 3 is 2.31 bits per heavy atom. The van der Waals surface area contributed by atoms with E-state index in [1.54, 1.807) is 12.1 Å². The van der Waals surface area contributed by atoms with E-state index in [1.807, 2.05) is 0 Å². The molecule has 0 aliphatic rings. The molecule has 0 fully saturated rings. The van der Waals surface area contributed by atoms with Gasteiger partial charge in [-0.3, -0.25) is 30.0 Å². The number of nitrogens with two attached hydrogens (primary N) is 1. The topological polar surface area (TPSA) is 182 Å². The molecular formula is C21H21ClN6O6S. The Bertz CT molecular complexity index is 1460. The highest BCUT2D eigenvalue weighted by Gasteiger charge is 2.27. The number of nitrogens with one attached hydrogen (secondary N) is 3. The van der Waals surface area contributed by atoms with Gasteiger partial charge in [0.2, 0.25) is 15.9 Å². The lowest BCUT2D eigenvalue weighted by Crippen LogP contribution is -2.52. The number of hydrogen-bond donors (Lipinski definition) is 4. The van der Waals surface area contributed by atoms with Crippen LogP contribution in [0, 0.1) is 0 Å². The molecule has 0 aliphatic carbocycles. The van der Waals surface area contributed by atoms with Gasteiger partial charge in [-0.15, -0.1) is 0 Å². The van der Waals surface area contributed by atoms with E-state index in [0.29, 0.717) is 5.02 Å². The third-order valence-corrected chi connectivity index (χ3v) is 6.63. The summed E-state index contributed by atoms with van der Waals surface area (Å²) < 4.78 is 28.6. The smallest absolute Gasteiger partial charge is 0.290 e. The monoisotopic (exact) mass is 520 g/mol. The molecular weight excluding hydrogens is 500 g/mol. The normalized spacial score (nSPS) is 12.2. The van der Waals surface area contributed by atoms with Crippen molar-refractivity contribution in [2.24, 2.45) is 12.8 Å². The van der Waals surface area contributed by atoms with Crippen LogP contribution in [0.1, 0.15) is 23.3 Å². The van der Waals surface area contributed by atoms with Gasteiger partial charge in [0.15, 0.2) is 5.69 Å². The number of hydrogen-bond acceptors (Lipinski definition) is 7. The molecule has 0 aliphatic heterocycles. The lowest BCUT2D eigenvalue weighted by Gasteiger charge is -2.18. The zero-order chi connectivity index (χ0) is 25.8. The maximum absolute atomic E-state index is 12.7. The van der Waals surface area contributed by atoms with Gasteiger partial charge in [-0.05, 0) is 36.8 Å². The fraction of sp³-hybridized carbons (Fsp3) is 0.190. The third-order valence-electron chi connectivity index (χ3n) is 4.89. The molecule has 3 amide bonds. The van der Waals surface area contributed by atoms with Crippen molar-refractivity contribution < 1.29 is 22.8 Å². The van der Waals surface area contributed by atoms with Crippen LogP contribution in [0.3, 0.4) is 0 Å². The maximum atomic E-state index is 12.7. The number of fused-ring (bicyclic) bond motifs is 1.